The van der Waals surface area contributed by atoms with Gasteiger partial charge in [-0.05, 0) is 44.5 Å². The molecule has 8 heteroatoms. The average molecular weight is 425 g/mol. The maximum absolute atomic E-state index is 12.9. The predicted octanol–water partition coefficient (Wildman–Crippen LogP) is 2.76. The lowest BCUT2D eigenvalue weighted by atomic mass is 10.1. The molecule has 8 nitrogen and oxygen atoms in total. The van der Waals surface area contributed by atoms with Crippen molar-refractivity contribution >= 4 is 17.5 Å². The molecule has 31 heavy (non-hydrogen) atoms. The third kappa shape index (κ3) is 5.67. The van der Waals surface area contributed by atoms with E-state index in [4.69, 9.17) is 0 Å². The molecule has 1 fully saturated rings. The third-order valence-electron chi connectivity index (χ3n) is 5.54. The van der Waals surface area contributed by atoms with Gasteiger partial charge in [0.05, 0.1) is 4.92 Å². The van der Waals surface area contributed by atoms with E-state index in [1.54, 1.807) is 11.8 Å². The number of carbonyl (C=O) groups excluding carboxylic acids is 2. The van der Waals surface area contributed by atoms with Gasteiger partial charge in [0.1, 0.15) is 6.04 Å². The number of nitro groups is 1. The molecule has 2 amide bonds. The van der Waals surface area contributed by atoms with E-state index in [0.717, 1.165) is 13.0 Å². The first-order chi connectivity index (χ1) is 14.9. The van der Waals surface area contributed by atoms with Crippen molar-refractivity contribution in [2.24, 2.45) is 0 Å². The van der Waals surface area contributed by atoms with Crippen molar-refractivity contribution in [3.8, 4) is 0 Å². The van der Waals surface area contributed by atoms with Crippen LogP contribution in [-0.2, 0) is 11.3 Å². The van der Waals surface area contributed by atoms with Gasteiger partial charge in [0.25, 0.3) is 11.6 Å². The topological polar surface area (TPSA) is 95.8 Å². The number of benzene rings is 2. The fourth-order valence-corrected chi connectivity index (χ4v) is 3.90. The number of likely N-dealkylation sites (tertiary alicyclic amines) is 1. The molecular formula is C23H28N4O4. The second kappa shape index (κ2) is 10.2. The van der Waals surface area contributed by atoms with Crippen molar-refractivity contribution in [3.63, 3.8) is 0 Å². The molecule has 3 rings (SSSR count). The number of hydrogen-bond acceptors (Lipinski definition) is 5. The summed E-state index contributed by atoms with van der Waals surface area (Å²) in [5.74, 6) is -0.422. The summed E-state index contributed by atoms with van der Waals surface area (Å²) in [6.07, 6.45) is 1.37. The minimum Gasteiger partial charge on any atom is -0.353 e. The predicted molar refractivity (Wildman–Crippen MR) is 118 cm³/mol. The molecular weight excluding hydrogens is 396 g/mol. The number of hydrogen-bond donors (Lipinski definition) is 1. The van der Waals surface area contributed by atoms with Gasteiger partial charge in [-0.25, -0.2) is 0 Å². The zero-order valence-corrected chi connectivity index (χ0v) is 17.9. The summed E-state index contributed by atoms with van der Waals surface area (Å²) < 4.78 is 0. The van der Waals surface area contributed by atoms with Crippen molar-refractivity contribution < 1.29 is 14.5 Å². The Bertz CT molecular complexity index is 948. The van der Waals surface area contributed by atoms with Gasteiger partial charge in [0, 0.05) is 43.4 Å². The van der Waals surface area contributed by atoms with Crippen LogP contribution in [0, 0.1) is 17.0 Å². The molecule has 0 spiro atoms. The Labute approximate surface area is 182 Å². The summed E-state index contributed by atoms with van der Waals surface area (Å²) in [4.78, 5) is 39.9. The SMILES string of the molecule is Cc1cc(C(=O)N2CCCC2C(=O)NCCN(C)Cc2ccccc2)ccc1[N+](=O)[O-]. The Hall–Kier alpha value is -3.26. The number of amides is 2. The first kappa shape index (κ1) is 22.4. The number of aryl methyl sites for hydroxylation is 1. The monoisotopic (exact) mass is 424 g/mol. The highest BCUT2D eigenvalue weighted by atomic mass is 16.6. The molecule has 1 saturated heterocycles. The zero-order chi connectivity index (χ0) is 22.4. The van der Waals surface area contributed by atoms with Gasteiger partial charge in [-0.2, -0.15) is 0 Å². The van der Waals surface area contributed by atoms with E-state index in [1.807, 2.05) is 25.2 Å². The lowest BCUT2D eigenvalue weighted by Crippen LogP contribution is -2.47. The highest BCUT2D eigenvalue weighted by molar-refractivity contribution is 5.98. The van der Waals surface area contributed by atoms with Crippen LogP contribution in [0.15, 0.2) is 48.5 Å². The molecule has 0 aliphatic carbocycles. The molecule has 0 bridgehead atoms. The summed E-state index contributed by atoms with van der Waals surface area (Å²) in [5.41, 5.74) is 1.98. The Balaban J connectivity index is 1.54. The van der Waals surface area contributed by atoms with Gasteiger partial charge < -0.3 is 15.1 Å². The molecule has 1 heterocycles. The molecule has 0 saturated carbocycles. The van der Waals surface area contributed by atoms with Crippen molar-refractivity contribution in [1.82, 2.24) is 15.1 Å². The van der Waals surface area contributed by atoms with E-state index >= 15 is 0 Å². The fourth-order valence-electron chi connectivity index (χ4n) is 3.90. The van der Waals surface area contributed by atoms with Crippen molar-refractivity contribution in [3.05, 3.63) is 75.3 Å². The van der Waals surface area contributed by atoms with Crippen LogP contribution in [0.2, 0.25) is 0 Å². The molecule has 1 unspecified atom stereocenters. The largest absolute Gasteiger partial charge is 0.353 e. The second-order valence-corrected chi connectivity index (χ2v) is 7.93. The summed E-state index contributed by atoms with van der Waals surface area (Å²) in [6.45, 7) is 4.10. The summed E-state index contributed by atoms with van der Waals surface area (Å²) in [7, 11) is 2.00. The number of nitrogens with one attached hydrogen (secondary N) is 1. The van der Waals surface area contributed by atoms with Crippen molar-refractivity contribution in [2.45, 2.75) is 32.4 Å². The number of carbonyl (C=O) groups is 2. The Kier molecular flexibility index (Phi) is 7.36. The Morgan fingerprint density at radius 1 is 1.23 bits per heavy atom. The van der Waals surface area contributed by atoms with Gasteiger partial charge in [-0.3, -0.25) is 19.7 Å². The smallest absolute Gasteiger partial charge is 0.272 e. The van der Waals surface area contributed by atoms with Gasteiger partial charge in [0.15, 0.2) is 0 Å². The average Bonchev–Trinajstić information content (AvgIpc) is 3.23. The maximum Gasteiger partial charge on any atom is 0.272 e. The lowest BCUT2D eigenvalue weighted by Gasteiger charge is -2.25. The molecule has 2 aromatic carbocycles. The Morgan fingerprint density at radius 2 is 1.97 bits per heavy atom. The van der Waals surface area contributed by atoms with Crippen LogP contribution in [0.1, 0.15) is 34.3 Å². The fraction of sp³-hybridized carbons (Fsp3) is 0.391. The van der Waals surface area contributed by atoms with Crippen molar-refractivity contribution in [2.75, 3.05) is 26.7 Å². The molecule has 1 atom stereocenters. The second-order valence-electron chi connectivity index (χ2n) is 7.93. The van der Waals surface area contributed by atoms with Crippen LogP contribution in [0.3, 0.4) is 0 Å². The number of nitro benzene ring substituents is 1. The van der Waals surface area contributed by atoms with Gasteiger partial charge in [-0.15, -0.1) is 0 Å². The van der Waals surface area contributed by atoms with E-state index < -0.39 is 11.0 Å². The normalized spacial score (nSPS) is 15.8. The molecule has 164 valence electrons. The molecule has 1 N–H and O–H groups in total. The number of likely N-dealkylation sites (N-methyl/N-ethyl adjacent to an activating group) is 1. The summed E-state index contributed by atoms with van der Waals surface area (Å²) >= 11 is 0. The highest BCUT2D eigenvalue weighted by Crippen LogP contribution is 2.24. The van der Waals surface area contributed by atoms with Crippen LogP contribution >= 0.6 is 0 Å². The quantitative estimate of drug-likeness (QED) is 0.519. The molecule has 2 aromatic rings. The summed E-state index contributed by atoms with van der Waals surface area (Å²) in [6, 6.07) is 13.9. The standard InChI is InChI=1S/C23H28N4O4/c1-17-15-19(10-11-20(17)27(30)31)23(29)26-13-6-9-21(26)22(28)24-12-14-25(2)16-18-7-4-3-5-8-18/h3-5,7-8,10-11,15,21H,6,9,12-14,16H2,1-2H3,(H,24,28). The highest BCUT2D eigenvalue weighted by Gasteiger charge is 2.34. The molecule has 0 aromatic heterocycles. The van der Waals surface area contributed by atoms with Gasteiger partial charge >= 0.3 is 0 Å². The maximum atomic E-state index is 12.9. The van der Waals surface area contributed by atoms with E-state index in [1.165, 1.54) is 23.8 Å². The van der Waals surface area contributed by atoms with Crippen LogP contribution < -0.4 is 5.32 Å². The zero-order valence-electron chi connectivity index (χ0n) is 17.9. The molecule has 1 aliphatic rings. The first-order valence-electron chi connectivity index (χ1n) is 10.4. The van der Waals surface area contributed by atoms with E-state index in [-0.39, 0.29) is 17.5 Å². The summed E-state index contributed by atoms with van der Waals surface area (Å²) in [5, 5.41) is 14.0. The minimum atomic E-state index is -0.512. The minimum absolute atomic E-state index is 0.0214. The van der Waals surface area contributed by atoms with Crippen molar-refractivity contribution in [1.29, 1.82) is 0 Å². The van der Waals surface area contributed by atoms with Crippen LogP contribution in [0.25, 0.3) is 0 Å². The lowest BCUT2D eigenvalue weighted by molar-refractivity contribution is -0.385. The van der Waals surface area contributed by atoms with Gasteiger partial charge in [0.2, 0.25) is 5.91 Å². The third-order valence-corrected chi connectivity index (χ3v) is 5.54. The van der Waals surface area contributed by atoms with Crippen LogP contribution in [-0.4, -0.2) is 59.3 Å². The number of nitrogens with zero attached hydrogens (tertiary/aromatic N) is 3. The van der Waals surface area contributed by atoms with Gasteiger partial charge in [-0.1, -0.05) is 30.3 Å². The van der Waals surface area contributed by atoms with E-state index in [0.29, 0.717) is 37.2 Å². The first-order valence-corrected chi connectivity index (χ1v) is 10.4. The van der Waals surface area contributed by atoms with E-state index in [9.17, 15) is 19.7 Å². The van der Waals surface area contributed by atoms with Crippen LogP contribution in [0.4, 0.5) is 5.69 Å². The number of rotatable bonds is 8. The molecule has 1 aliphatic heterocycles. The Morgan fingerprint density at radius 3 is 2.65 bits per heavy atom. The molecule has 0 radical (unpaired) electrons. The van der Waals surface area contributed by atoms with Crippen LogP contribution in [0.5, 0.6) is 0 Å². The van der Waals surface area contributed by atoms with E-state index in [2.05, 4.69) is 22.3 Å².